The third-order valence-corrected chi connectivity index (χ3v) is 4.09. The van der Waals surface area contributed by atoms with Gasteiger partial charge < -0.3 is 10.2 Å². The topological polar surface area (TPSA) is 52.0 Å². The number of fused-ring (bicyclic) bond motifs is 3. The molecule has 0 atom stereocenters. The van der Waals surface area contributed by atoms with Gasteiger partial charge in [-0.05, 0) is 25.8 Å². The molecule has 3 heterocycles. The maximum atomic E-state index is 5.43. The van der Waals surface area contributed by atoms with Crippen LogP contribution < -0.4 is 5.43 Å². The van der Waals surface area contributed by atoms with Crippen molar-refractivity contribution >= 4 is 21.9 Å². The molecule has 1 aromatic carbocycles. The van der Waals surface area contributed by atoms with Crippen molar-refractivity contribution in [1.82, 2.24) is 14.6 Å². The van der Waals surface area contributed by atoms with Gasteiger partial charge in [-0.25, -0.2) is 9.66 Å². The molecule has 1 N–H and O–H groups in total. The Labute approximate surface area is 122 Å². The van der Waals surface area contributed by atoms with E-state index in [0.29, 0.717) is 6.04 Å². The highest BCUT2D eigenvalue weighted by molar-refractivity contribution is 6.02. The highest BCUT2D eigenvalue weighted by Gasteiger charge is 2.17. The Bertz CT molecular complexity index is 789. The van der Waals surface area contributed by atoms with Crippen molar-refractivity contribution in [1.29, 1.82) is 0 Å². The van der Waals surface area contributed by atoms with Crippen LogP contribution in [0.15, 0.2) is 30.5 Å². The van der Waals surface area contributed by atoms with Gasteiger partial charge >= 0.3 is 0 Å². The Hall–Kier alpha value is -2.14. The molecule has 21 heavy (non-hydrogen) atoms. The molecule has 2 aromatic heterocycles. The minimum atomic E-state index is 0.432. The Morgan fingerprint density at radius 2 is 2.00 bits per heavy atom. The minimum absolute atomic E-state index is 0.432. The number of aryl methyl sites for hydroxylation is 1. The van der Waals surface area contributed by atoms with Crippen LogP contribution in [0.2, 0.25) is 0 Å². The van der Waals surface area contributed by atoms with Gasteiger partial charge in [-0.15, -0.1) is 0 Å². The van der Waals surface area contributed by atoms with E-state index in [1.54, 1.807) is 0 Å². The van der Waals surface area contributed by atoms with E-state index in [1.165, 1.54) is 0 Å². The quantitative estimate of drug-likeness (QED) is 0.785. The smallest absolute Gasteiger partial charge is 0.125 e. The van der Waals surface area contributed by atoms with E-state index in [4.69, 9.17) is 4.74 Å². The third kappa shape index (κ3) is 2.14. The average molecular weight is 282 g/mol. The van der Waals surface area contributed by atoms with Crippen LogP contribution in [0.5, 0.6) is 0 Å². The summed E-state index contributed by atoms with van der Waals surface area (Å²) < 4.78 is 7.55. The lowest BCUT2D eigenvalue weighted by Crippen LogP contribution is -2.34. The number of hydrogen-bond acceptors (Lipinski definition) is 4. The van der Waals surface area contributed by atoms with Gasteiger partial charge in [0.2, 0.25) is 0 Å². The average Bonchev–Trinajstić information content (AvgIpc) is 2.85. The minimum Gasteiger partial charge on any atom is -0.381 e. The number of para-hydroxylation sites is 1. The number of imidazole rings is 1. The third-order valence-electron chi connectivity index (χ3n) is 4.09. The van der Waals surface area contributed by atoms with E-state index >= 15 is 0 Å². The van der Waals surface area contributed by atoms with E-state index in [2.05, 4.69) is 26.1 Å². The highest BCUT2D eigenvalue weighted by Crippen LogP contribution is 2.24. The molecule has 1 saturated heterocycles. The Balaban J connectivity index is 1.86. The number of hydrogen-bond donors (Lipinski definition) is 1. The standard InChI is InChI=1S/C16H18N4O/c1-11-18-15-10-17-14-5-3-2-4-13(14)16(15)20(11)19-12-6-8-21-9-7-12/h2-5,10,12,19H,6-9H2,1H3. The molecule has 0 saturated carbocycles. The molecule has 0 spiro atoms. The summed E-state index contributed by atoms with van der Waals surface area (Å²) in [6.07, 6.45) is 3.91. The van der Waals surface area contributed by atoms with Crippen LogP contribution in [0.3, 0.4) is 0 Å². The van der Waals surface area contributed by atoms with Gasteiger partial charge in [-0.3, -0.25) is 4.98 Å². The van der Waals surface area contributed by atoms with Gasteiger partial charge in [0.1, 0.15) is 16.9 Å². The normalized spacial score (nSPS) is 16.6. The van der Waals surface area contributed by atoms with Gasteiger partial charge in [-0.2, -0.15) is 0 Å². The van der Waals surface area contributed by atoms with E-state index in [9.17, 15) is 0 Å². The number of nitrogens with one attached hydrogen (secondary N) is 1. The maximum Gasteiger partial charge on any atom is 0.125 e. The van der Waals surface area contributed by atoms with Crippen LogP contribution in [0, 0.1) is 6.92 Å². The lowest BCUT2D eigenvalue weighted by molar-refractivity contribution is 0.0881. The molecular formula is C16H18N4O. The lowest BCUT2D eigenvalue weighted by Gasteiger charge is -2.25. The summed E-state index contributed by atoms with van der Waals surface area (Å²) in [5.74, 6) is 0.967. The largest absolute Gasteiger partial charge is 0.381 e. The van der Waals surface area contributed by atoms with Gasteiger partial charge in [0.15, 0.2) is 0 Å². The number of benzene rings is 1. The molecule has 5 nitrogen and oxygen atoms in total. The second-order valence-corrected chi connectivity index (χ2v) is 5.52. The van der Waals surface area contributed by atoms with Crippen LogP contribution in [0.1, 0.15) is 18.7 Å². The summed E-state index contributed by atoms with van der Waals surface area (Å²) >= 11 is 0. The molecule has 108 valence electrons. The second kappa shape index (κ2) is 5.00. The van der Waals surface area contributed by atoms with Gasteiger partial charge in [-0.1, -0.05) is 18.2 Å². The lowest BCUT2D eigenvalue weighted by atomic mass is 10.1. The van der Waals surface area contributed by atoms with Crippen molar-refractivity contribution < 1.29 is 4.74 Å². The zero-order chi connectivity index (χ0) is 14.2. The van der Waals surface area contributed by atoms with Crippen molar-refractivity contribution in [2.75, 3.05) is 18.6 Å². The molecule has 5 heteroatoms. The molecule has 0 unspecified atom stereocenters. The van der Waals surface area contributed by atoms with Gasteiger partial charge in [0, 0.05) is 24.6 Å². The van der Waals surface area contributed by atoms with Crippen molar-refractivity contribution in [3.05, 3.63) is 36.3 Å². The fourth-order valence-electron chi connectivity index (χ4n) is 2.99. The van der Waals surface area contributed by atoms with Crippen molar-refractivity contribution in [3.63, 3.8) is 0 Å². The first kappa shape index (κ1) is 12.6. The van der Waals surface area contributed by atoms with E-state index < -0.39 is 0 Å². The summed E-state index contributed by atoms with van der Waals surface area (Å²) in [7, 11) is 0. The SMILES string of the molecule is Cc1nc2cnc3ccccc3c2n1NC1CCOCC1. The Morgan fingerprint density at radius 3 is 2.86 bits per heavy atom. The molecule has 0 amide bonds. The fraction of sp³-hybridized carbons (Fsp3) is 0.375. The van der Waals surface area contributed by atoms with Gasteiger partial charge in [0.05, 0.1) is 11.7 Å². The molecule has 0 bridgehead atoms. The number of nitrogens with zero attached hydrogens (tertiary/aromatic N) is 3. The molecule has 1 aliphatic heterocycles. The zero-order valence-electron chi connectivity index (χ0n) is 12.0. The molecule has 1 fully saturated rings. The van der Waals surface area contributed by atoms with Crippen molar-refractivity contribution in [2.45, 2.75) is 25.8 Å². The van der Waals surface area contributed by atoms with E-state index in [0.717, 1.165) is 53.8 Å². The predicted molar refractivity (Wildman–Crippen MR) is 83.0 cm³/mol. The Kier molecular flexibility index (Phi) is 3.00. The first-order chi connectivity index (χ1) is 10.3. The predicted octanol–water partition coefficient (Wildman–Crippen LogP) is 2.62. The summed E-state index contributed by atoms with van der Waals surface area (Å²) in [5, 5.41) is 1.13. The van der Waals surface area contributed by atoms with Crippen molar-refractivity contribution in [2.24, 2.45) is 0 Å². The fourth-order valence-corrected chi connectivity index (χ4v) is 2.99. The molecule has 0 aliphatic carbocycles. The number of rotatable bonds is 2. The first-order valence-electron chi connectivity index (χ1n) is 7.40. The molecule has 1 aliphatic rings. The first-order valence-corrected chi connectivity index (χ1v) is 7.40. The monoisotopic (exact) mass is 282 g/mol. The summed E-state index contributed by atoms with van der Waals surface area (Å²) in [5.41, 5.74) is 6.66. The number of ether oxygens (including phenoxy) is 1. The Morgan fingerprint density at radius 1 is 1.19 bits per heavy atom. The van der Waals surface area contributed by atoms with Crippen molar-refractivity contribution in [3.8, 4) is 0 Å². The van der Waals surface area contributed by atoms with Gasteiger partial charge in [0.25, 0.3) is 0 Å². The van der Waals surface area contributed by atoms with Crippen LogP contribution in [0.4, 0.5) is 0 Å². The molecule has 4 rings (SSSR count). The van der Waals surface area contributed by atoms with Crippen LogP contribution in [-0.2, 0) is 4.74 Å². The second-order valence-electron chi connectivity index (χ2n) is 5.52. The van der Waals surface area contributed by atoms with E-state index in [-0.39, 0.29) is 0 Å². The number of pyridine rings is 1. The molecular weight excluding hydrogens is 264 g/mol. The van der Waals surface area contributed by atoms with Crippen LogP contribution in [0.25, 0.3) is 21.9 Å². The zero-order valence-corrected chi connectivity index (χ0v) is 12.0. The van der Waals surface area contributed by atoms with Crippen LogP contribution >= 0.6 is 0 Å². The molecule has 0 radical (unpaired) electrons. The number of aromatic nitrogens is 3. The summed E-state index contributed by atoms with van der Waals surface area (Å²) in [6, 6.07) is 8.64. The summed E-state index contributed by atoms with van der Waals surface area (Å²) in [4.78, 5) is 9.12. The highest BCUT2D eigenvalue weighted by atomic mass is 16.5. The maximum absolute atomic E-state index is 5.43. The van der Waals surface area contributed by atoms with E-state index in [1.807, 2.05) is 31.3 Å². The summed E-state index contributed by atoms with van der Waals surface area (Å²) in [6.45, 7) is 3.68. The van der Waals surface area contributed by atoms with Crippen LogP contribution in [-0.4, -0.2) is 33.9 Å². The molecule has 3 aromatic rings.